The third-order valence-corrected chi connectivity index (χ3v) is 5.62. The minimum Gasteiger partial charge on any atom is -0.503 e. The Morgan fingerprint density at radius 2 is 1.62 bits per heavy atom. The fraction of sp³-hybridized carbons (Fsp3) is 0.429. The van der Waals surface area contributed by atoms with Gasteiger partial charge in [0, 0.05) is 19.6 Å². The zero-order chi connectivity index (χ0) is 18.1. The third-order valence-electron chi connectivity index (χ3n) is 5.62. The highest BCUT2D eigenvalue weighted by Crippen LogP contribution is 2.39. The lowest BCUT2D eigenvalue weighted by molar-refractivity contribution is 0.186. The van der Waals surface area contributed by atoms with Gasteiger partial charge in [0.25, 0.3) is 0 Å². The van der Waals surface area contributed by atoms with E-state index in [1.165, 1.54) is 12.1 Å². The Bertz CT molecular complexity index is 731. The van der Waals surface area contributed by atoms with Crippen molar-refractivity contribution in [2.75, 3.05) is 19.6 Å². The number of fused-ring (bicyclic) bond motifs is 1. The van der Waals surface area contributed by atoms with Crippen molar-refractivity contribution in [3.8, 4) is 11.5 Å². The minimum atomic E-state index is -0.895. The molecule has 0 spiro atoms. The van der Waals surface area contributed by atoms with Gasteiger partial charge in [-0.15, -0.1) is 0 Å². The number of aromatic hydroxyl groups is 1. The fourth-order valence-electron chi connectivity index (χ4n) is 4.36. The topological polar surface area (TPSA) is 32.7 Å². The molecule has 2 aromatic carbocycles. The highest BCUT2D eigenvalue weighted by atomic mass is 19.1. The first kappa shape index (κ1) is 17.3. The molecule has 3 atom stereocenters. The first-order valence-electron chi connectivity index (χ1n) is 9.19. The van der Waals surface area contributed by atoms with E-state index in [0.29, 0.717) is 23.8 Å². The van der Waals surface area contributed by atoms with Crippen LogP contribution in [0.4, 0.5) is 8.78 Å². The summed E-state index contributed by atoms with van der Waals surface area (Å²) in [7, 11) is 0. The maximum absolute atomic E-state index is 13.4. The van der Waals surface area contributed by atoms with Crippen LogP contribution in [0.25, 0.3) is 0 Å². The van der Waals surface area contributed by atoms with Gasteiger partial charge in [-0.05, 0) is 60.9 Å². The van der Waals surface area contributed by atoms with Crippen LogP contribution in [0, 0.1) is 23.5 Å². The molecule has 1 unspecified atom stereocenters. The number of phenolic OH excluding ortho intramolecular Hbond substituents is 1. The molecule has 5 heteroatoms. The predicted molar refractivity (Wildman–Crippen MR) is 95.2 cm³/mol. The Kier molecular flexibility index (Phi) is 4.81. The van der Waals surface area contributed by atoms with E-state index in [4.69, 9.17) is 4.74 Å². The van der Waals surface area contributed by atoms with Gasteiger partial charge >= 0.3 is 0 Å². The molecule has 138 valence electrons. The van der Waals surface area contributed by atoms with Gasteiger partial charge in [0.1, 0.15) is 5.75 Å². The van der Waals surface area contributed by atoms with Crippen molar-refractivity contribution < 1.29 is 18.6 Å². The molecule has 3 nitrogen and oxygen atoms in total. The van der Waals surface area contributed by atoms with E-state index in [1.54, 1.807) is 0 Å². The molecular formula is C21H23F2NO2. The molecule has 1 aliphatic heterocycles. The molecule has 4 rings (SSSR count). The number of likely N-dealkylation sites (tertiary alicyclic amines) is 1. The molecule has 1 saturated carbocycles. The van der Waals surface area contributed by atoms with E-state index in [-0.39, 0.29) is 6.10 Å². The smallest absolute Gasteiger partial charge is 0.187 e. The summed E-state index contributed by atoms with van der Waals surface area (Å²) in [4.78, 5) is 2.37. The zero-order valence-electron chi connectivity index (χ0n) is 14.6. The van der Waals surface area contributed by atoms with E-state index in [2.05, 4.69) is 4.90 Å². The van der Waals surface area contributed by atoms with Crippen LogP contribution < -0.4 is 4.74 Å². The van der Waals surface area contributed by atoms with Gasteiger partial charge in [-0.25, -0.2) is 8.78 Å². The normalized spacial score (nSPS) is 25.4. The molecule has 0 bridgehead atoms. The summed E-state index contributed by atoms with van der Waals surface area (Å²) < 4.78 is 33.0. The average Bonchev–Trinajstić information content (AvgIpc) is 3.16. The second-order valence-electron chi connectivity index (χ2n) is 7.46. The molecule has 2 aromatic rings. The summed E-state index contributed by atoms with van der Waals surface area (Å²) in [6.45, 7) is 2.81. The molecule has 1 aliphatic carbocycles. The highest BCUT2D eigenvalue weighted by Gasteiger charge is 2.41. The van der Waals surface area contributed by atoms with Crippen molar-refractivity contribution in [3.05, 3.63) is 59.7 Å². The van der Waals surface area contributed by atoms with Gasteiger partial charge in [0.15, 0.2) is 17.4 Å². The van der Waals surface area contributed by atoms with Crippen LogP contribution in [0.2, 0.25) is 0 Å². The van der Waals surface area contributed by atoms with Crippen molar-refractivity contribution in [1.29, 1.82) is 0 Å². The quantitative estimate of drug-likeness (QED) is 0.876. The average molecular weight is 359 g/mol. The van der Waals surface area contributed by atoms with Crippen LogP contribution in [0.5, 0.6) is 11.5 Å². The summed E-state index contributed by atoms with van der Waals surface area (Å²) in [6, 6.07) is 12.4. The number of rotatable bonds is 5. The van der Waals surface area contributed by atoms with Gasteiger partial charge < -0.3 is 14.7 Å². The SMILES string of the molecule is Oc1c(F)cc(CCN2C[C@H]3CC(Oc4ccccc4)C[C@H]3C2)cc1F. The van der Waals surface area contributed by atoms with Gasteiger partial charge in [-0.1, -0.05) is 18.2 Å². The predicted octanol–water partition coefficient (Wildman–Crippen LogP) is 4.00. The number of benzene rings is 2. The lowest BCUT2D eigenvalue weighted by atomic mass is 10.0. The molecular weight excluding hydrogens is 336 g/mol. The van der Waals surface area contributed by atoms with Gasteiger partial charge in [0.05, 0.1) is 6.10 Å². The third kappa shape index (κ3) is 3.68. The lowest BCUT2D eigenvalue weighted by Crippen LogP contribution is -2.26. The van der Waals surface area contributed by atoms with Crippen LogP contribution in [0.15, 0.2) is 42.5 Å². The zero-order valence-corrected chi connectivity index (χ0v) is 14.6. The lowest BCUT2D eigenvalue weighted by Gasteiger charge is -2.20. The Morgan fingerprint density at radius 3 is 2.23 bits per heavy atom. The van der Waals surface area contributed by atoms with Gasteiger partial charge in [0.2, 0.25) is 0 Å². The van der Waals surface area contributed by atoms with Crippen LogP contribution in [-0.2, 0) is 6.42 Å². The number of hydrogen-bond donors (Lipinski definition) is 1. The Labute approximate surface area is 152 Å². The van der Waals surface area contributed by atoms with E-state index in [1.807, 2.05) is 30.3 Å². The Balaban J connectivity index is 1.27. The number of phenols is 1. The van der Waals surface area contributed by atoms with Gasteiger partial charge in [-0.3, -0.25) is 0 Å². The second kappa shape index (κ2) is 7.23. The molecule has 1 heterocycles. The molecule has 1 saturated heterocycles. The number of para-hydroxylation sites is 1. The summed E-state index contributed by atoms with van der Waals surface area (Å²) in [5, 5.41) is 9.18. The minimum absolute atomic E-state index is 0.287. The summed E-state index contributed by atoms with van der Waals surface area (Å²) >= 11 is 0. The number of hydrogen-bond acceptors (Lipinski definition) is 3. The van der Waals surface area contributed by atoms with Crippen LogP contribution >= 0.6 is 0 Å². The Hall–Kier alpha value is -2.14. The maximum Gasteiger partial charge on any atom is 0.187 e. The van der Waals surface area contributed by atoms with Crippen molar-refractivity contribution >= 4 is 0 Å². The second-order valence-corrected chi connectivity index (χ2v) is 7.46. The Morgan fingerprint density at radius 1 is 1.00 bits per heavy atom. The fourth-order valence-corrected chi connectivity index (χ4v) is 4.36. The first-order chi connectivity index (χ1) is 12.6. The van der Waals surface area contributed by atoms with E-state index in [0.717, 1.165) is 38.2 Å². The molecule has 0 amide bonds. The van der Waals surface area contributed by atoms with Crippen LogP contribution in [-0.4, -0.2) is 35.7 Å². The first-order valence-corrected chi connectivity index (χ1v) is 9.19. The number of ether oxygens (including phenoxy) is 1. The monoisotopic (exact) mass is 359 g/mol. The van der Waals surface area contributed by atoms with Crippen LogP contribution in [0.1, 0.15) is 18.4 Å². The van der Waals surface area contributed by atoms with Crippen molar-refractivity contribution in [2.24, 2.45) is 11.8 Å². The molecule has 26 heavy (non-hydrogen) atoms. The molecule has 2 aliphatic rings. The summed E-state index contributed by atoms with van der Waals surface area (Å²) in [6.07, 6.45) is 3.00. The van der Waals surface area contributed by atoms with E-state index < -0.39 is 17.4 Å². The maximum atomic E-state index is 13.4. The molecule has 2 fully saturated rings. The highest BCUT2D eigenvalue weighted by molar-refractivity contribution is 5.30. The molecule has 1 N–H and O–H groups in total. The van der Waals surface area contributed by atoms with Crippen LogP contribution in [0.3, 0.4) is 0 Å². The van der Waals surface area contributed by atoms with Crippen molar-refractivity contribution in [3.63, 3.8) is 0 Å². The van der Waals surface area contributed by atoms with Gasteiger partial charge in [-0.2, -0.15) is 0 Å². The van der Waals surface area contributed by atoms with E-state index in [9.17, 15) is 13.9 Å². The van der Waals surface area contributed by atoms with Crippen molar-refractivity contribution in [2.45, 2.75) is 25.4 Å². The largest absolute Gasteiger partial charge is 0.503 e. The standard InChI is InChI=1S/C21H23F2NO2/c22-19-8-14(9-20(23)21(19)25)6-7-24-12-15-10-18(11-16(15)13-24)26-17-4-2-1-3-5-17/h1-5,8-9,15-16,18,25H,6-7,10-13H2/t15-,16+,18?. The number of halogens is 2. The summed E-state index contributed by atoms with van der Waals surface area (Å²) in [5.41, 5.74) is 0.583. The molecule has 0 aromatic heterocycles. The van der Waals surface area contributed by atoms with E-state index >= 15 is 0 Å². The molecule has 0 radical (unpaired) electrons. The summed E-state index contributed by atoms with van der Waals surface area (Å²) in [5.74, 6) is -0.466. The number of nitrogens with zero attached hydrogens (tertiary/aromatic N) is 1. The van der Waals surface area contributed by atoms with Crippen molar-refractivity contribution in [1.82, 2.24) is 4.90 Å².